The molecule has 4 nitrogen and oxygen atoms in total. The highest BCUT2D eigenvalue weighted by atomic mass is 16.5. The monoisotopic (exact) mass is 245 g/mol. The van der Waals surface area contributed by atoms with E-state index in [0.29, 0.717) is 0 Å². The van der Waals surface area contributed by atoms with Gasteiger partial charge in [0.1, 0.15) is 5.75 Å². The summed E-state index contributed by atoms with van der Waals surface area (Å²) in [6.45, 7) is 2.80. The van der Waals surface area contributed by atoms with Crippen LogP contribution in [0.15, 0.2) is 36.5 Å². The lowest BCUT2D eigenvalue weighted by Gasteiger charge is -2.17. The number of aryl methyl sites for hydroxylation is 1. The molecule has 96 valence electrons. The molecule has 0 aliphatic carbocycles. The molecule has 1 heterocycles. The van der Waals surface area contributed by atoms with Crippen molar-refractivity contribution in [2.24, 2.45) is 0 Å². The fourth-order valence-corrected chi connectivity index (χ4v) is 1.97. The predicted octanol–water partition coefficient (Wildman–Crippen LogP) is 2.16. The van der Waals surface area contributed by atoms with Gasteiger partial charge in [-0.3, -0.25) is 4.68 Å². The lowest BCUT2D eigenvalue weighted by Crippen LogP contribution is -2.22. The van der Waals surface area contributed by atoms with E-state index in [4.69, 9.17) is 4.74 Å². The number of likely N-dealkylation sites (N-methyl/N-ethyl adjacent to an activating group) is 1. The van der Waals surface area contributed by atoms with Crippen molar-refractivity contribution >= 4 is 0 Å². The minimum atomic E-state index is 0.222. The summed E-state index contributed by atoms with van der Waals surface area (Å²) in [4.78, 5) is 0. The van der Waals surface area contributed by atoms with Crippen molar-refractivity contribution < 1.29 is 4.74 Å². The van der Waals surface area contributed by atoms with E-state index >= 15 is 0 Å². The van der Waals surface area contributed by atoms with Gasteiger partial charge in [0.25, 0.3) is 0 Å². The number of methoxy groups -OCH3 is 1. The summed E-state index contributed by atoms with van der Waals surface area (Å²) in [5.41, 5.74) is 2.24. The zero-order chi connectivity index (χ0) is 13.0. The molecular formula is C14H19N3O. The predicted molar refractivity (Wildman–Crippen MR) is 71.8 cm³/mol. The summed E-state index contributed by atoms with van der Waals surface area (Å²) >= 11 is 0. The molecule has 0 aliphatic heterocycles. The Morgan fingerprint density at radius 1 is 1.39 bits per heavy atom. The Morgan fingerprint density at radius 3 is 2.83 bits per heavy atom. The molecule has 1 N–H and O–H groups in total. The van der Waals surface area contributed by atoms with Gasteiger partial charge in [-0.05, 0) is 37.7 Å². The van der Waals surface area contributed by atoms with Crippen molar-refractivity contribution in [3.8, 4) is 5.75 Å². The smallest absolute Gasteiger partial charge is 0.119 e. The van der Waals surface area contributed by atoms with Crippen LogP contribution >= 0.6 is 0 Å². The Kier molecular flexibility index (Phi) is 3.99. The van der Waals surface area contributed by atoms with E-state index in [1.807, 2.05) is 43.0 Å². The second-order valence-corrected chi connectivity index (χ2v) is 4.30. The molecule has 0 spiro atoms. The van der Waals surface area contributed by atoms with E-state index in [9.17, 15) is 0 Å². The van der Waals surface area contributed by atoms with Gasteiger partial charge in [-0.1, -0.05) is 12.1 Å². The number of aromatic nitrogens is 2. The van der Waals surface area contributed by atoms with Crippen molar-refractivity contribution in [1.82, 2.24) is 15.1 Å². The van der Waals surface area contributed by atoms with Gasteiger partial charge in [0.05, 0.1) is 25.4 Å². The van der Waals surface area contributed by atoms with Crippen LogP contribution in [0.25, 0.3) is 0 Å². The maximum absolute atomic E-state index is 5.25. The Hall–Kier alpha value is -1.81. The summed E-state index contributed by atoms with van der Waals surface area (Å²) in [6.07, 6.45) is 2.00. The van der Waals surface area contributed by atoms with Crippen molar-refractivity contribution in [1.29, 1.82) is 0 Å². The standard InChI is InChI=1S/C14H19N3O/c1-11-7-8-17(16-11)10-14(15-2)12-5-4-6-13(9-12)18-3/h4-9,14-15H,10H2,1-3H3. The Bertz CT molecular complexity index is 507. The normalized spacial score (nSPS) is 12.4. The maximum Gasteiger partial charge on any atom is 0.119 e. The molecule has 0 aliphatic rings. The van der Waals surface area contributed by atoms with E-state index < -0.39 is 0 Å². The van der Waals surface area contributed by atoms with E-state index in [2.05, 4.69) is 22.5 Å². The molecule has 0 amide bonds. The molecule has 1 aromatic heterocycles. The van der Waals surface area contributed by atoms with Crippen molar-refractivity contribution in [3.05, 3.63) is 47.8 Å². The Morgan fingerprint density at radius 2 is 2.22 bits per heavy atom. The number of ether oxygens (including phenoxy) is 1. The molecule has 2 aromatic rings. The summed E-state index contributed by atoms with van der Waals surface area (Å²) < 4.78 is 7.21. The number of benzene rings is 1. The first-order valence-electron chi connectivity index (χ1n) is 6.04. The molecule has 18 heavy (non-hydrogen) atoms. The van der Waals surface area contributed by atoms with Crippen LogP contribution in [-0.2, 0) is 6.54 Å². The number of rotatable bonds is 5. The fraction of sp³-hybridized carbons (Fsp3) is 0.357. The zero-order valence-corrected chi connectivity index (χ0v) is 11.1. The molecule has 0 saturated heterocycles. The summed E-state index contributed by atoms with van der Waals surface area (Å²) in [5.74, 6) is 0.879. The highest BCUT2D eigenvalue weighted by molar-refractivity contribution is 5.30. The fourth-order valence-electron chi connectivity index (χ4n) is 1.97. The van der Waals surface area contributed by atoms with Crippen LogP contribution in [0.3, 0.4) is 0 Å². The van der Waals surface area contributed by atoms with E-state index in [0.717, 1.165) is 18.0 Å². The summed E-state index contributed by atoms with van der Waals surface area (Å²) in [5, 5.41) is 7.72. The highest BCUT2D eigenvalue weighted by Gasteiger charge is 2.11. The molecule has 1 aromatic carbocycles. The van der Waals surface area contributed by atoms with Gasteiger partial charge < -0.3 is 10.1 Å². The third kappa shape index (κ3) is 2.90. The van der Waals surface area contributed by atoms with Gasteiger partial charge in [0.2, 0.25) is 0 Å². The molecule has 1 unspecified atom stereocenters. The van der Waals surface area contributed by atoms with Gasteiger partial charge >= 0.3 is 0 Å². The number of nitrogens with zero attached hydrogens (tertiary/aromatic N) is 2. The minimum Gasteiger partial charge on any atom is -0.497 e. The number of nitrogens with one attached hydrogen (secondary N) is 1. The topological polar surface area (TPSA) is 39.1 Å². The number of hydrogen-bond donors (Lipinski definition) is 1. The van der Waals surface area contributed by atoms with E-state index in [-0.39, 0.29) is 6.04 Å². The number of hydrogen-bond acceptors (Lipinski definition) is 3. The largest absolute Gasteiger partial charge is 0.497 e. The lowest BCUT2D eigenvalue weighted by molar-refractivity contribution is 0.411. The minimum absolute atomic E-state index is 0.222. The molecule has 4 heteroatoms. The summed E-state index contributed by atoms with van der Waals surface area (Å²) in [7, 11) is 3.64. The third-order valence-corrected chi connectivity index (χ3v) is 2.99. The molecule has 1 atom stereocenters. The third-order valence-electron chi connectivity index (χ3n) is 2.99. The van der Waals surface area contributed by atoms with Crippen molar-refractivity contribution in [2.75, 3.05) is 14.2 Å². The first-order valence-corrected chi connectivity index (χ1v) is 6.04. The highest BCUT2D eigenvalue weighted by Crippen LogP contribution is 2.20. The SMILES string of the molecule is CNC(Cn1ccc(C)n1)c1cccc(OC)c1. The van der Waals surface area contributed by atoms with Crippen LogP contribution in [0, 0.1) is 6.92 Å². The summed E-state index contributed by atoms with van der Waals surface area (Å²) in [6, 6.07) is 10.3. The Balaban J connectivity index is 2.17. The maximum atomic E-state index is 5.25. The van der Waals surface area contributed by atoms with Gasteiger partial charge in [-0.15, -0.1) is 0 Å². The van der Waals surface area contributed by atoms with Crippen LogP contribution in [0.1, 0.15) is 17.3 Å². The second-order valence-electron chi connectivity index (χ2n) is 4.30. The zero-order valence-electron chi connectivity index (χ0n) is 11.1. The molecule has 0 fully saturated rings. The van der Waals surface area contributed by atoms with Crippen molar-refractivity contribution in [2.45, 2.75) is 19.5 Å². The molecule has 2 rings (SSSR count). The second kappa shape index (κ2) is 5.69. The van der Waals surface area contributed by atoms with Gasteiger partial charge in [-0.2, -0.15) is 5.10 Å². The average molecular weight is 245 g/mol. The van der Waals surface area contributed by atoms with Crippen LogP contribution < -0.4 is 10.1 Å². The molecule has 0 radical (unpaired) electrons. The van der Waals surface area contributed by atoms with Crippen LogP contribution in [-0.4, -0.2) is 23.9 Å². The van der Waals surface area contributed by atoms with Crippen LogP contribution in [0.2, 0.25) is 0 Å². The van der Waals surface area contributed by atoms with Gasteiger partial charge in [0.15, 0.2) is 0 Å². The molecular weight excluding hydrogens is 226 g/mol. The van der Waals surface area contributed by atoms with Gasteiger partial charge in [0, 0.05) is 6.20 Å². The first kappa shape index (κ1) is 12.6. The molecule has 0 saturated carbocycles. The quantitative estimate of drug-likeness (QED) is 0.877. The van der Waals surface area contributed by atoms with Crippen LogP contribution in [0.4, 0.5) is 0 Å². The van der Waals surface area contributed by atoms with E-state index in [1.54, 1.807) is 7.11 Å². The van der Waals surface area contributed by atoms with E-state index in [1.165, 1.54) is 5.56 Å². The lowest BCUT2D eigenvalue weighted by atomic mass is 10.1. The molecule has 0 bridgehead atoms. The van der Waals surface area contributed by atoms with Crippen molar-refractivity contribution in [3.63, 3.8) is 0 Å². The van der Waals surface area contributed by atoms with Crippen LogP contribution in [0.5, 0.6) is 5.75 Å². The average Bonchev–Trinajstić information content (AvgIpc) is 2.81. The first-order chi connectivity index (χ1) is 8.72. The van der Waals surface area contributed by atoms with Gasteiger partial charge in [-0.25, -0.2) is 0 Å². The Labute approximate surface area is 108 Å².